The Morgan fingerprint density at radius 2 is 1.88 bits per heavy atom. The van der Waals surface area contributed by atoms with Gasteiger partial charge in [0.2, 0.25) is 0 Å². The molecule has 0 saturated heterocycles. The first-order valence-electron chi connectivity index (χ1n) is 10.0. The van der Waals surface area contributed by atoms with Crippen LogP contribution in [0.5, 0.6) is 0 Å². The van der Waals surface area contributed by atoms with Crippen LogP contribution in [-0.4, -0.2) is 33.6 Å². The molecule has 0 aromatic heterocycles. The lowest BCUT2D eigenvalue weighted by molar-refractivity contribution is -0.0761. The van der Waals surface area contributed by atoms with E-state index in [1.807, 2.05) is 6.92 Å². The molecule has 136 valence electrons. The summed E-state index contributed by atoms with van der Waals surface area (Å²) in [4.78, 5) is 0. The Bertz CT molecular complexity index is 541. The van der Waals surface area contributed by atoms with Gasteiger partial charge in [0.25, 0.3) is 0 Å². The van der Waals surface area contributed by atoms with E-state index >= 15 is 0 Å². The zero-order chi connectivity index (χ0) is 17.3. The van der Waals surface area contributed by atoms with E-state index in [1.54, 1.807) is 0 Å². The third-order valence-electron chi connectivity index (χ3n) is 8.71. The second-order valence-electron chi connectivity index (χ2n) is 9.77. The lowest BCUT2D eigenvalue weighted by Gasteiger charge is -2.58. The van der Waals surface area contributed by atoms with E-state index < -0.39 is 6.10 Å². The maximum atomic E-state index is 10.7. The van der Waals surface area contributed by atoms with E-state index in [-0.39, 0.29) is 29.0 Å². The molecule has 0 heterocycles. The van der Waals surface area contributed by atoms with Gasteiger partial charge in [0.15, 0.2) is 0 Å². The molecule has 0 radical (unpaired) electrons. The number of rotatable bonds is 1. The van der Waals surface area contributed by atoms with Gasteiger partial charge in [0.05, 0.1) is 18.3 Å². The summed E-state index contributed by atoms with van der Waals surface area (Å²) in [7, 11) is 0. The van der Waals surface area contributed by atoms with Gasteiger partial charge in [-0.1, -0.05) is 25.5 Å². The molecule has 3 N–H and O–H groups in total. The van der Waals surface area contributed by atoms with Crippen LogP contribution in [0.15, 0.2) is 11.6 Å². The van der Waals surface area contributed by atoms with Gasteiger partial charge in [0, 0.05) is 5.92 Å². The highest BCUT2D eigenvalue weighted by molar-refractivity contribution is 5.25. The molecule has 3 fully saturated rings. The van der Waals surface area contributed by atoms with Crippen molar-refractivity contribution in [1.82, 2.24) is 0 Å². The molecule has 0 aromatic rings. The van der Waals surface area contributed by atoms with E-state index in [0.717, 1.165) is 38.5 Å². The maximum absolute atomic E-state index is 10.7. The lowest BCUT2D eigenvalue weighted by atomic mass is 9.47. The van der Waals surface area contributed by atoms with Crippen molar-refractivity contribution in [2.75, 3.05) is 0 Å². The smallest absolute Gasteiger partial charge is 0.0601 e. The number of allylic oxidation sites excluding steroid dienone is 1. The standard InChI is InChI=1S/C21H34O3/c1-12(22)19-18(24)11-17-15-5-4-13-10-14(23)6-8-20(13,2)16(15)7-9-21(17,19)3/h4,12,14-19,22-24H,5-11H2,1-3H3/t12-,14+,15+,16-,17-,18+,19-,20-,21-/m0/s1. The largest absolute Gasteiger partial charge is 0.393 e. The minimum absolute atomic E-state index is 0.0230. The monoisotopic (exact) mass is 334 g/mol. The number of hydrogen-bond acceptors (Lipinski definition) is 3. The Morgan fingerprint density at radius 3 is 2.58 bits per heavy atom. The highest BCUT2D eigenvalue weighted by Gasteiger charge is 2.61. The second kappa shape index (κ2) is 5.56. The van der Waals surface area contributed by atoms with Crippen molar-refractivity contribution >= 4 is 0 Å². The average molecular weight is 335 g/mol. The minimum atomic E-state index is -0.429. The van der Waals surface area contributed by atoms with Crippen molar-refractivity contribution in [3.63, 3.8) is 0 Å². The molecule has 4 rings (SSSR count). The fourth-order valence-electron chi connectivity index (χ4n) is 7.57. The molecule has 0 spiro atoms. The van der Waals surface area contributed by atoms with Gasteiger partial charge in [-0.25, -0.2) is 0 Å². The zero-order valence-corrected chi connectivity index (χ0v) is 15.4. The third kappa shape index (κ3) is 2.20. The minimum Gasteiger partial charge on any atom is -0.393 e. The number of hydrogen-bond donors (Lipinski definition) is 3. The van der Waals surface area contributed by atoms with Gasteiger partial charge in [-0.3, -0.25) is 0 Å². The van der Waals surface area contributed by atoms with Crippen LogP contribution in [0.4, 0.5) is 0 Å². The van der Waals surface area contributed by atoms with E-state index in [1.165, 1.54) is 12.0 Å². The van der Waals surface area contributed by atoms with Crippen LogP contribution in [0.2, 0.25) is 0 Å². The van der Waals surface area contributed by atoms with Crippen molar-refractivity contribution in [3.8, 4) is 0 Å². The second-order valence-corrected chi connectivity index (χ2v) is 9.77. The quantitative estimate of drug-likeness (QED) is 0.645. The highest BCUT2D eigenvalue weighted by atomic mass is 16.3. The summed E-state index contributed by atoms with van der Waals surface area (Å²) < 4.78 is 0. The van der Waals surface area contributed by atoms with Crippen molar-refractivity contribution < 1.29 is 15.3 Å². The highest BCUT2D eigenvalue weighted by Crippen LogP contribution is 2.66. The summed E-state index contributed by atoms with van der Waals surface area (Å²) in [5.74, 6) is 1.86. The molecule has 0 amide bonds. The molecule has 0 aliphatic heterocycles. The van der Waals surface area contributed by atoms with Crippen molar-refractivity contribution in [1.29, 1.82) is 0 Å². The predicted molar refractivity (Wildman–Crippen MR) is 94.3 cm³/mol. The number of aliphatic hydroxyl groups is 3. The summed E-state index contributed by atoms with van der Waals surface area (Å²) in [6.07, 6.45) is 8.67. The molecule has 9 atom stereocenters. The molecule has 24 heavy (non-hydrogen) atoms. The van der Waals surface area contributed by atoms with Crippen LogP contribution < -0.4 is 0 Å². The van der Waals surface area contributed by atoms with Crippen molar-refractivity contribution in [2.24, 2.45) is 34.5 Å². The fourth-order valence-corrected chi connectivity index (χ4v) is 7.57. The van der Waals surface area contributed by atoms with Crippen LogP contribution in [0.25, 0.3) is 0 Å². The van der Waals surface area contributed by atoms with Gasteiger partial charge in [-0.05, 0) is 80.5 Å². The Kier molecular flexibility index (Phi) is 3.95. The molecule has 3 saturated carbocycles. The lowest BCUT2D eigenvalue weighted by Crippen LogP contribution is -2.51. The van der Waals surface area contributed by atoms with E-state index in [4.69, 9.17) is 0 Å². The Morgan fingerprint density at radius 1 is 1.12 bits per heavy atom. The van der Waals surface area contributed by atoms with Crippen LogP contribution in [-0.2, 0) is 0 Å². The fraction of sp³-hybridized carbons (Fsp3) is 0.905. The predicted octanol–water partition coefficient (Wildman–Crippen LogP) is 3.28. The zero-order valence-electron chi connectivity index (χ0n) is 15.4. The third-order valence-corrected chi connectivity index (χ3v) is 8.71. The normalized spacial score (nSPS) is 55.2. The molecule has 4 aliphatic carbocycles. The van der Waals surface area contributed by atoms with Crippen LogP contribution in [0.1, 0.15) is 65.7 Å². The first-order valence-corrected chi connectivity index (χ1v) is 10.0. The number of fused-ring (bicyclic) bond motifs is 5. The first-order chi connectivity index (χ1) is 11.3. The van der Waals surface area contributed by atoms with Crippen molar-refractivity contribution in [2.45, 2.75) is 84.0 Å². The molecule has 3 heteroatoms. The van der Waals surface area contributed by atoms with E-state index in [2.05, 4.69) is 19.9 Å². The summed E-state index contributed by atoms with van der Waals surface area (Å²) in [5, 5.41) is 31.0. The van der Waals surface area contributed by atoms with Gasteiger partial charge in [0.1, 0.15) is 0 Å². The summed E-state index contributed by atoms with van der Waals surface area (Å²) >= 11 is 0. The Labute approximate surface area is 146 Å². The van der Waals surface area contributed by atoms with Crippen molar-refractivity contribution in [3.05, 3.63) is 11.6 Å². The molecule has 0 unspecified atom stereocenters. The topological polar surface area (TPSA) is 60.7 Å². The average Bonchev–Trinajstić information content (AvgIpc) is 2.78. The molecule has 0 bridgehead atoms. The molecule has 4 aliphatic rings. The summed E-state index contributed by atoms with van der Waals surface area (Å²) in [5.41, 5.74) is 1.82. The van der Waals surface area contributed by atoms with Crippen LogP contribution in [0.3, 0.4) is 0 Å². The first kappa shape index (κ1) is 17.1. The van der Waals surface area contributed by atoms with Crippen LogP contribution in [0, 0.1) is 34.5 Å². The summed E-state index contributed by atoms with van der Waals surface area (Å²) in [6.45, 7) is 6.62. The molecule has 3 nitrogen and oxygen atoms in total. The Hall–Kier alpha value is -0.380. The van der Waals surface area contributed by atoms with Gasteiger partial charge >= 0.3 is 0 Å². The van der Waals surface area contributed by atoms with Crippen LogP contribution >= 0.6 is 0 Å². The van der Waals surface area contributed by atoms with E-state index in [9.17, 15) is 15.3 Å². The maximum Gasteiger partial charge on any atom is 0.0601 e. The Balaban J connectivity index is 1.67. The summed E-state index contributed by atoms with van der Waals surface area (Å²) in [6, 6.07) is 0. The van der Waals surface area contributed by atoms with Gasteiger partial charge in [-0.2, -0.15) is 0 Å². The molecule has 0 aromatic carbocycles. The van der Waals surface area contributed by atoms with Gasteiger partial charge < -0.3 is 15.3 Å². The SMILES string of the molecule is C[C@H](O)[C@H]1[C@H](O)C[C@H]2[C@@H]3CC=C4C[C@H](O)CC[C@]4(C)[C@H]3CC[C@]12C. The van der Waals surface area contributed by atoms with E-state index in [0.29, 0.717) is 17.8 Å². The number of aliphatic hydroxyl groups excluding tert-OH is 3. The molecular formula is C21H34O3. The molecular weight excluding hydrogens is 300 g/mol. The van der Waals surface area contributed by atoms with Gasteiger partial charge in [-0.15, -0.1) is 0 Å².